The van der Waals surface area contributed by atoms with Crippen LogP contribution < -0.4 is 9.64 Å². The molecule has 6 nitrogen and oxygen atoms in total. The van der Waals surface area contributed by atoms with Crippen LogP contribution in [-0.4, -0.2) is 42.8 Å². The van der Waals surface area contributed by atoms with Crippen molar-refractivity contribution < 1.29 is 9.16 Å². The SMILES string of the molecule is CC(C)c1ccc(COc2ccc(-c3c(-c4ccncc4)nn4c3N(CCO[Si](C)(C)C(C)(C)C)CC4)cc2)cc1. The molecule has 0 atom stereocenters. The Morgan fingerprint density at radius 2 is 1.56 bits per heavy atom. The zero-order valence-corrected chi connectivity index (χ0v) is 26.6. The van der Waals surface area contributed by atoms with Gasteiger partial charge < -0.3 is 14.1 Å². The number of pyridine rings is 1. The number of fused-ring (bicyclic) bond motifs is 1. The van der Waals surface area contributed by atoms with Crippen LogP contribution in [0.15, 0.2) is 73.1 Å². The molecule has 0 unspecified atom stereocenters. The highest BCUT2D eigenvalue weighted by atomic mass is 28.4. The highest BCUT2D eigenvalue weighted by molar-refractivity contribution is 6.74. The van der Waals surface area contributed by atoms with E-state index in [9.17, 15) is 0 Å². The van der Waals surface area contributed by atoms with E-state index in [4.69, 9.17) is 14.3 Å². The normalized spacial score (nSPS) is 13.6. The molecule has 4 aromatic rings. The molecule has 0 amide bonds. The van der Waals surface area contributed by atoms with Gasteiger partial charge in [0.15, 0.2) is 8.32 Å². The molecule has 0 radical (unpaired) electrons. The van der Waals surface area contributed by atoms with Gasteiger partial charge in [0.2, 0.25) is 0 Å². The van der Waals surface area contributed by atoms with E-state index in [2.05, 4.69) is 111 Å². The van der Waals surface area contributed by atoms with Gasteiger partial charge in [0.1, 0.15) is 23.9 Å². The number of nitrogens with zero attached hydrogens (tertiary/aromatic N) is 4. The largest absolute Gasteiger partial charge is 0.489 e. The maximum absolute atomic E-state index is 6.55. The predicted molar refractivity (Wildman–Crippen MR) is 171 cm³/mol. The summed E-state index contributed by atoms with van der Waals surface area (Å²) in [7, 11) is -1.81. The lowest BCUT2D eigenvalue weighted by molar-refractivity contribution is 0.295. The van der Waals surface area contributed by atoms with Crippen molar-refractivity contribution in [2.75, 3.05) is 24.6 Å². The van der Waals surface area contributed by atoms with Gasteiger partial charge >= 0.3 is 0 Å². The fraction of sp³-hybridized carbons (Fsp3) is 0.412. The molecule has 5 rings (SSSR count). The van der Waals surface area contributed by atoms with E-state index < -0.39 is 8.32 Å². The Morgan fingerprint density at radius 1 is 0.878 bits per heavy atom. The molecule has 1 aliphatic rings. The first-order valence-corrected chi connectivity index (χ1v) is 17.7. The van der Waals surface area contributed by atoms with E-state index in [0.29, 0.717) is 12.5 Å². The maximum Gasteiger partial charge on any atom is 0.192 e. The number of hydrogen-bond donors (Lipinski definition) is 0. The zero-order valence-electron chi connectivity index (χ0n) is 25.6. The molecule has 41 heavy (non-hydrogen) atoms. The summed E-state index contributed by atoms with van der Waals surface area (Å²) in [4.78, 5) is 6.67. The summed E-state index contributed by atoms with van der Waals surface area (Å²) in [6.45, 7) is 19.8. The molecular formula is C34H44N4O2Si. The molecule has 0 spiro atoms. The molecular weight excluding hydrogens is 524 g/mol. The number of ether oxygens (including phenoxy) is 1. The second kappa shape index (κ2) is 11.8. The van der Waals surface area contributed by atoms with Crippen molar-refractivity contribution in [3.05, 3.63) is 84.2 Å². The zero-order chi connectivity index (χ0) is 29.2. The van der Waals surface area contributed by atoms with Gasteiger partial charge in [-0.25, -0.2) is 4.68 Å². The number of anilines is 1. The van der Waals surface area contributed by atoms with Crippen molar-refractivity contribution in [1.29, 1.82) is 0 Å². The van der Waals surface area contributed by atoms with Gasteiger partial charge in [0.25, 0.3) is 0 Å². The van der Waals surface area contributed by atoms with Crippen LogP contribution in [0.1, 0.15) is 51.7 Å². The third-order valence-corrected chi connectivity index (χ3v) is 13.1. The smallest absolute Gasteiger partial charge is 0.192 e. The summed E-state index contributed by atoms with van der Waals surface area (Å²) >= 11 is 0. The van der Waals surface area contributed by atoms with Crippen LogP contribution in [0, 0.1) is 0 Å². The van der Waals surface area contributed by atoms with Crippen molar-refractivity contribution in [2.45, 2.75) is 71.8 Å². The topological polar surface area (TPSA) is 52.4 Å². The first-order valence-electron chi connectivity index (χ1n) is 14.8. The second-order valence-electron chi connectivity index (χ2n) is 12.8. The minimum Gasteiger partial charge on any atom is -0.489 e. The van der Waals surface area contributed by atoms with Crippen LogP contribution in [0.4, 0.5) is 5.82 Å². The standard InChI is InChI=1S/C34H44N4O2Si/c1-25(2)27-10-8-26(9-11-27)24-39-30-14-12-28(13-15-30)31-32(29-16-18-35-19-17-29)36-38-21-20-37(33(31)38)22-23-40-41(6,7)34(3,4)5/h8-19,25H,20-24H2,1-7H3. The molecule has 2 aromatic heterocycles. The van der Waals surface area contributed by atoms with E-state index in [1.54, 1.807) is 0 Å². The summed E-state index contributed by atoms with van der Waals surface area (Å²) in [5.74, 6) is 2.55. The summed E-state index contributed by atoms with van der Waals surface area (Å²) < 4.78 is 14.9. The predicted octanol–water partition coefficient (Wildman–Crippen LogP) is 8.16. The maximum atomic E-state index is 6.55. The molecule has 0 saturated carbocycles. The van der Waals surface area contributed by atoms with Crippen LogP contribution in [0.25, 0.3) is 22.4 Å². The minimum absolute atomic E-state index is 0.195. The first kappa shape index (κ1) is 29.1. The van der Waals surface area contributed by atoms with Gasteiger partial charge in [-0.1, -0.05) is 71.0 Å². The second-order valence-corrected chi connectivity index (χ2v) is 17.6. The molecule has 0 aliphatic carbocycles. The molecule has 0 fully saturated rings. The van der Waals surface area contributed by atoms with Crippen molar-refractivity contribution in [2.24, 2.45) is 0 Å². The first-order chi connectivity index (χ1) is 19.5. The third-order valence-electron chi connectivity index (χ3n) is 8.59. The molecule has 2 aromatic carbocycles. The van der Waals surface area contributed by atoms with E-state index in [1.807, 2.05) is 24.5 Å². The Balaban J connectivity index is 1.38. The highest BCUT2D eigenvalue weighted by Gasteiger charge is 2.37. The lowest BCUT2D eigenvalue weighted by Gasteiger charge is -2.36. The van der Waals surface area contributed by atoms with E-state index >= 15 is 0 Å². The number of rotatable bonds is 10. The van der Waals surface area contributed by atoms with Crippen LogP contribution in [-0.2, 0) is 17.6 Å². The fourth-order valence-electron chi connectivity index (χ4n) is 4.96. The Kier molecular flexibility index (Phi) is 8.39. The Bertz CT molecular complexity index is 1440. The quantitative estimate of drug-likeness (QED) is 0.181. The van der Waals surface area contributed by atoms with Gasteiger partial charge in [-0.05, 0) is 65.0 Å². The average molecular weight is 569 g/mol. The third kappa shape index (κ3) is 6.41. The molecule has 216 valence electrons. The van der Waals surface area contributed by atoms with E-state index in [1.165, 1.54) is 11.1 Å². The molecule has 3 heterocycles. The molecule has 0 bridgehead atoms. The number of benzene rings is 2. The van der Waals surface area contributed by atoms with Gasteiger partial charge in [0, 0.05) is 31.0 Å². The minimum atomic E-state index is -1.81. The van der Waals surface area contributed by atoms with Gasteiger partial charge in [0.05, 0.1) is 18.7 Å². The van der Waals surface area contributed by atoms with Crippen molar-refractivity contribution in [3.63, 3.8) is 0 Å². The van der Waals surface area contributed by atoms with E-state index in [-0.39, 0.29) is 5.04 Å². The van der Waals surface area contributed by atoms with Crippen LogP contribution in [0.5, 0.6) is 5.75 Å². The highest BCUT2D eigenvalue weighted by Crippen LogP contribution is 2.42. The fourth-order valence-corrected chi connectivity index (χ4v) is 5.99. The van der Waals surface area contributed by atoms with Crippen molar-refractivity contribution in [1.82, 2.24) is 14.8 Å². The molecule has 1 aliphatic heterocycles. The van der Waals surface area contributed by atoms with E-state index in [0.717, 1.165) is 60.2 Å². The van der Waals surface area contributed by atoms with Crippen LogP contribution >= 0.6 is 0 Å². The summed E-state index contributed by atoms with van der Waals surface area (Å²) in [5.41, 5.74) is 6.84. The Morgan fingerprint density at radius 3 is 2.20 bits per heavy atom. The Hall–Kier alpha value is -3.42. The molecule has 0 saturated heterocycles. The van der Waals surface area contributed by atoms with Crippen LogP contribution in [0.3, 0.4) is 0 Å². The summed E-state index contributed by atoms with van der Waals surface area (Å²) in [5, 5.41) is 5.28. The summed E-state index contributed by atoms with van der Waals surface area (Å²) in [6, 6.07) is 21.2. The number of aromatic nitrogens is 3. The monoisotopic (exact) mass is 568 g/mol. The van der Waals surface area contributed by atoms with Gasteiger partial charge in [-0.2, -0.15) is 5.10 Å². The van der Waals surface area contributed by atoms with Gasteiger partial charge in [-0.15, -0.1) is 0 Å². The summed E-state index contributed by atoms with van der Waals surface area (Å²) in [6.07, 6.45) is 3.66. The van der Waals surface area contributed by atoms with Crippen molar-refractivity contribution in [3.8, 4) is 28.1 Å². The average Bonchev–Trinajstić information content (AvgIpc) is 3.52. The lowest BCUT2D eigenvalue weighted by atomic mass is 10.0. The molecule has 7 heteroatoms. The Labute approximate surface area is 246 Å². The van der Waals surface area contributed by atoms with Gasteiger partial charge in [-0.3, -0.25) is 4.98 Å². The lowest BCUT2D eigenvalue weighted by Crippen LogP contribution is -2.42. The van der Waals surface area contributed by atoms with Crippen LogP contribution in [0.2, 0.25) is 18.1 Å². The van der Waals surface area contributed by atoms with Crippen molar-refractivity contribution >= 4 is 14.1 Å². The number of hydrogen-bond acceptors (Lipinski definition) is 5. The molecule has 0 N–H and O–H groups in total.